The Hall–Kier alpha value is -4.77. The molecule has 0 unspecified atom stereocenters. The van der Waals surface area contributed by atoms with Crippen LogP contribution >= 0.6 is 23.2 Å². The molecule has 0 bridgehead atoms. The minimum absolute atomic E-state index is 0.0201. The third-order valence-corrected chi connectivity index (χ3v) is 11.4. The van der Waals surface area contributed by atoms with Gasteiger partial charge in [-0.05, 0) is 100 Å². The monoisotopic (exact) mass is 741 g/mol. The normalized spacial score (nSPS) is 14.5. The number of hydrogen-bond donors (Lipinski definition) is 2. The number of carboxylic acid groups (broad SMARTS) is 1. The van der Waals surface area contributed by atoms with Crippen LogP contribution in [0.3, 0.4) is 0 Å². The molecule has 7 rings (SSSR count). The van der Waals surface area contributed by atoms with Gasteiger partial charge in [0.05, 0.1) is 35.0 Å². The third kappa shape index (κ3) is 5.55. The maximum Gasteiger partial charge on any atom is 0.340 e. The number of hydrogen-bond acceptors (Lipinski definition) is 5. The summed E-state index contributed by atoms with van der Waals surface area (Å²) in [5, 5.41) is 27.7. The van der Waals surface area contributed by atoms with Crippen LogP contribution in [0.25, 0.3) is 32.9 Å². The molecule has 0 radical (unpaired) electrons. The predicted molar refractivity (Wildman–Crippen MR) is 206 cm³/mol. The first-order valence-corrected chi connectivity index (χ1v) is 18.0. The second-order valence-corrected chi connectivity index (χ2v) is 14.6. The van der Waals surface area contributed by atoms with Crippen LogP contribution in [-0.2, 0) is 27.1 Å². The van der Waals surface area contributed by atoms with Gasteiger partial charge in [-0.2, -0.15) is 5.10 Å². The minimum Gasteiger partial charge on any atom is -0.494 e. The molecule has 3 aromatic carbocycles. The van der Waals surface area contributed by atoms with Gasteiger partial charge < -0.3 is 24.1 Å². The van der Waals surface area contributed by atoms with Crippen LogP contribution in [-0.4, -0.2) is 54.2 Å². The molecule has 0 fully saturated rings. The van der Waals surface area contributed by atoms with Crippen molar-refractivity contribution in [1.29, 1.82) is 0 Å². The summed E-state index contributed by atoms with van der Waals surface area (Å²) in [5.74, 6) is -0.418. The number of rotatable bonds is 9. The molecule has 0 aliphatic carbocycles. The van der Waals surface area contributed by atoms with Gasteiger partial charge in [0.2, 0.25) is 0 Å². The average molecular weight is 743 g/mol. The first-order valence-electron chi connectivity index (χ1n) is 17.3. The van der Waals surface area contributed by atoms with Gasteiger partial charge in [-0.3, -0.25) is 14.4 Å². The minimum atomic E-state index is -1.15. The van der Waals surface area contributed by atoms with Gasteiger partial charge in [-0.15, -0.1) is 0 Å². The molecule has 3 aromatic heterocycles. The van der Waals surface area contributed by atoms with E-state index in [1.54, 1.807) is 34.7 Å². The SMILES string of the molecule is Cc1cc(OCCCc2c3n(c4c(-c5c(C)nn(C)c5C)c(Cl)ccc24)[C@H](C)CN(c2c(C(=O)O)c4cc(CO)ccc4n2C)C3=O)cc(C)c1Cl. The van der Waals surface area contributed by atoms with Crippen LogP contribution in [0.4, 0.5) is 5.82 Å². The topological polar surface area (TPSA) is 115 Å². The van der Waals surface area contributed by atoms with Crippen molar-refractivity contribution in [1.82, 2.24) is 18.9 Å². The van der Waals surface area contributed by atoms with Crippen molar-refractivity contribution in [2.75, 3.05) is 18.1 Å². The summed E-state index contributed by atoms with van der Waals surface area (Å²) in [7, 11) is 3.68. The Morgan fingerprint density at radius 3 is 2.35 bits per heavy atom. The lowest BCUT2D eigenvalue weighted by molar-refractivity contribution is 0.0699. The number of anilines is 1. The van der Waals surface area contributed by atoms with Crippen molar-refractivity contribution in [2.45, 2.75) is 60.1 Å². The van der Waals surface area contributed by atoms with Crippen LogP contribution in [0.1, 0.15) is 73.9 Å². The fraction of sp³-hybridized carbons (Fsp3) is 0.325. The van der Waals surface area contributed by atoms with E-state index < -0.39 is 5.97 Å². The number of amides is 1. The summed E-state index contributed by atoms with van der Waals surface area (Å²) < 4.78 is 11.9. The highest BCUT2D eigenvalue weighted by molar-refractivity contribution is 6.35. The molecule has 12 heteroatoms. The lowest BCUT2D eigenvalue weighted by Gasteiger charge is -2.34. The number of fused-ring (bicyclic) bond motifs is 4. The van der Waals surface area contributed by atoms with Crippen molar-refractivity contribution < 1.29 is 24.5 Å². The standard InChI is InChI=1S/C40H41Cl2N5O5/c1-20-15-26(16-21(2)35(20)42)52-14-8-9-27-28-11-12-30(41)34(32-23(4)43-45(7)24(32)5)36(28)47-22(3)18-46(39(49)37(27)47)38-33(40(50)51)29-17-25(19-48)10-13-31(29)44(38)6/h10-13,15-17,22,48H,8-9,14,18-19H2,1-7H3,(H,50,51)/t22-/m1/s1. The van der Waals surface area contributed by atoms with Crippen molar-refractivity contribution >= 4 is 62.7 Å². The fourth-order valence-electron chi connectivity index (χ4n) is 8.02. The van der Waals surface area contributed by atoms with Gasteiger partial charge in [0, 0.05) is 59.3 Å². The number of aliphatic hydroxyl groups excluding tert-OH is 1. The Balaban J connectivity index is 1.40. The van der Waals surface area contributed by atoms with Gasteiger partial charge in [0.15, 0.2) is 0 Å². The van der Waals surface area contributed by atoms with E-state index in [2.05, 4.69) is 4.57 Å². The highest BCUT2D eigenvalue weighted by atomic mass is 35.5. The molecule has 270 valence electrons. The number of carbonyl (C=O) groups is 2. The number of aryl methyl sites for hydroxylation is 6. The van der Waals surface area contributed by atoms with E-state index in [1.807, 2.05) is 70.6 Å². The lowest BCUT2D eigenvalue weighted by atomic mass is 9.98. The molecule has 1 aliphatic rings. The van der Waals surface area contributed by atoms with E-state index in [1.165, 1.54) is 0 Å². The molecule has 2 N–H and O–H groups in total. The fourth-order valence-corrected chi connectivity index (χ4v) is 8.37. The highest BCUT2D eigenvalue weighted by Crippen LogP contribution is 2.46. The Bertz CT molecular complexity index is 2430. The van der Waals surface area contributed by atoms with Crippen LogP contribution in [0.5, 0.6) is 5.75 Å². The highest BCUT2D eigenvalue weighted by Gasteiger charge is 2.39. The second kappa shape index (κ2) is 13.3. The van der Waals surface area contributed by atoms with Gasteiger partial charge in [0.1, 0.15) is 22.8 Å². The largest absolute Gasteiger partial charge is 0.494 e. The summed E-state index contributed by atoms with van der Waals surface area (Å²) in [6, 6.07) is 12.7. The Kier molecular flexibility index (Phi) is 9.13. The summed E-state index contributed by atoms with van der Waals surface area (Å²) in [6.45, 7) is 10.3. The molecule has 10 nitrogen and oxygen atoms in total. The van der Waals surface area contributed by atoms with Crippen molar-refractivity contribution in [2.24, 2.45) is 14.1 Å². The number of aromatic nitrogens is 4. The zero-order valence-corrected chi connectivity index (χ0v) is 31.8. The smallest absolute Gasteiger partial charge is 0.340 e. The number of aliphatic hydroxyl groups is 1. The number of aromatic carboxylic acids is 1. The number of halogens is 2. The van der Waals surface area contributed by atoms with Crippen molar-refractivity contribution in [3.8, 4) is 16.9 Å². The molecule has 4 heterocycles. The maximum atomic E-state index is 15.1. The van der Waals surface area contributed by atoms with E-state index >= 15 is 4.79 Å². The first kappa shape index (κ1) is 35.6. The van der Waals surface area contributed by atoms with E-state index in [0.717, 1.165) is 60.9 Å². The van der Waals surface area contributed by atoms with Crippen LogP contribution < -0.4 is 9.64 Å². The van der Waals surface area contributed by atoms with Gasteiger partial charge in [-0.25, -0.2) is 4.79 Å². The number of carboxylic acids is 1. The quantitative estimate of drug-likeness (QED) is 0.144. The molecule has 1 amide bonds. The molecule has 0 saturated carbocycles. The number of benzene rings is 3. The van der Waals surface area contributed by atoms with E-state index in [4.69, 9.17) is 33.0 Å². The Labute approximate surface area is 311 Å². The summed E-state index contributed by atoms with van der Waals surface area (Å²) in [5.41, 5.74) is 8.85. The molecule has 6 aromatic rings. The molecule has 0 saturated heterocycles. The van der Waals surface area contributed by atoms with Crippen molar-refractivity contribution in [3.05, 3.63) is 97.4 Å². The molecule has 1 aliphatic heterocycles. The van der Waals surface area contributed by atoms with Crippen LogP contribution in [0.2, 0.25) is 10.0 Å². The second-order valence-electron chi connectivity index (χ2n) is 13.8. The first-order chi connectivity index (χ1) is 24.7. The van der Waals surface area contributed by atoms with E-state index in [0.29, 0.717) is 52.4 Å². The van der Waals surface area contributed by atoms with Gasteiger partial charge in [0.25, 0.3) is 5.91 Å². The zero-order chi connectivity index (χ0) is 37.3. The van der Waals surface area contributed by atoms with E-state index in [-0.39, 0.29) is 30.7 Å². The molecular weight excluding hydrogens is 701 g/mol. The van der Waals surface area contributed by atoms with Crippen LogP contribution in [0.15, 0.2) is 42.5 Å². The molecule has 52 heavy (non-hydrogen) atoms. The Morgan fingerprint density at radius 2 is 1.71 bits per heavy atom. The van der Waals surface area contributed by atoms with Gasteiger partial charge >= 0.3 is 5.97 Å². The summed E-state index contributed by atoms with van der Waals surface area (Å²) in [4.78, 5) is 29.6. The predicted octanol–water partition coefficient (Wildman–Crippen LogP) is 8.50. The number of nitrogens with zero attached hydrogens (tertiary/aromatic N) is 5. The van der Waals surface area contributed by atoms with Crippen molar-refractivity contribution in [3.63, 3.8) is 0 Å². The van der Waals surface area contributed by atoms with Crippen LogP contribution in [0, 0.1) is 27.7 Å². The van der Waals surface area contributed by atoms with Gasteiger partial charge in [-0.1, -0.05) is 35.3 Å². The number of ether oxygens (including phenoxy) is 1. The molecule has 0 spiro atoms. The number of carbonyl (C=O) groups excluding carboxylic acids is 1. The van der Waals surface area contributed by atoms with E-state index in [9.17, 15) is 15.0 Å². The Morgan fingerprint density at radius 1 is 1.00 bits per heavy atom. The average Bonchev–Trinajstić information content (AvgIpc) is 3.69. The molecule has 1 atom stereocenters. The third-order valence-electron chi connectivity index (χ3n) is 10.4. The summed E-state index contributed by atoms with van der Waals surface area (Å²) in [6.07, 6.45) is 1.12. The lowest BCUT2D eigenvalue weighted by Crippen LogP contribution is -2.44. The summed E-state index contributed by atoms with van der Waals surface area (Å²) >= 11 is 13.5. The zero-order valence-electron chi connectivity index (χ0n) is 30.3. The maximum absolute atomic E-state index is 15.1. The molecular formula is C40H41Cl2N5O5.